The molecule has 5 rings (SSSR count). The molecule has 0 aliphatic carbocycles. The minimum Gasteiger partial charge on any atom is -0.267 e. The number of hydrogen-bond acceptors (Lipinski definition) is 4. The molecule has 0 unspecified atom stereocenters. The van der Waals surface area contributed by atoms with E-state index < -0.39 is 0 Å². The van der Waals surface area contributed by atoms with Crippen LogP contribution in [0.5, 0.6) is 0 Å². The predicted molar refractivity (Wildman–Crippen MR) is 106 cm³/mol. The van der Waals surface area contributed by atoms with Crippen LogP contribution in [0.2, 0.25) is 0 Å². The monoisotopic (exact) mass is 355 g/mol. The molecule has 2 aromatic heterocycles. The Morgan fingerprint density at radius 3 is 2.54 bits per heavy atom. The van der Waals surface area contributed by atoms with Crippen LogP contribution >= 0.6 is 11.3 Å². The zero-order chi connectivity index (χ0) is 17.5. The Morgan fingerprint density at radius 1 is 0.846 bits per heavy atom. The van der Waals surface area contributed by atoms with Gasteiger partial charge in [-0.05, 0) is 17.7 Å². The first-order valence-electron chi connectivity index (χ1n) is 8.24. The Bertz CT molecular complexity index is 1310. The maximum atomic E-state index is 12.8. The molecule has 2 heterocycles. The lowest BCUT2D eigenvalue weighted by Gasteiger charge is -2.02. The van der Waals surface area contributed by atoms with Gasteiger partial charge in [0.05, 0.1) is 21.8 Å². The SMILES string of the molecule is O=c1c2ccccc2cnn1-c1nc2c(-c3ccccc3)cccc2s1. The molecule has 0 aliphatic rings. The number of nitrogens with zero attached hydrogens (tertiary/aromatic N) is 3. The minimum atomic E-state index is -0.150. The van der Waals surface area contributed by atoms with Gasteiger partial charge in [0.15, 0.2) is 0 Å². The second kappa shape index (κ2) is 5.89. The summed E-state index contributed by atoms with van der Waals surface area (Å²) in [6.07, 6.45) is 1.71. The van der Waals surface area contributed by atoms with E-state index in [9.17, 15) is 4.79 Å². The average molecular weight is 355 g/mol. The molecule has 0 saturated heterocycles. The molecule has 0 aliphatic heterocycles. The summed E-state index contributed by atoms with van der Waals surface area (Å²) in [5.41, 5.74) is 2.90. The summed E-state index contributed by atoms with van der Waals surface area (Å²) >= 11 is 1.47. The fourth-order valence-electron chi connectivity index (χ4n) is 3.11. The number of thiazole rings is 1. The molecule has 124 valence electrons. The first-order chi connectivity index (χ1) is 12.8. The van der Waals surface area contributed by atoms with E-state index in [1.54, 1.807) is 6.20 Å². The molecule has 5 heteroatoms. The van der Waals surface area contributed by atoms with Crippen LogP contribution in [0.15, 0.2) is 83.8 Å². The van der Waals surface area contributed by atoms with Gasteiger partial charge < -0.3 is 0 Å². The average Bonchev–Trinajstić information content (AvgIpc) is 3.13. The number of fused-ring (bicyclic) bond motifs is 2. The number of rotatable bonds is 2. The van der Waals surface area contributed by atoms with Gasteiger partial charge in [-0.15, -0.1) is 0 Å². The fraction of sp³-hybridized carbons (Fsp3) is 0. The Kier molecular flexibility index (Phi) is 3.40. The molecule has 26 heavy (non-hydrogen) atoms. The summed E-state index contributed by atoms with van der Waals surface area (Å²) < 4.78 is 2.42. The highest BCUT2D eigenvalue weighted by Crippen LogP contribution is 2.32. The van der Waals surface area contributed by atoms with Crippen LogP contribution in [-0.2, 0) is 0 Å². The summed E-state index contributed by atoms with van der Waals surface area (Å²) in [7, 11) is 0. The molecule has 0 spiro atoms. The summed E-state index contributed by atoms with van der Waals surface area (Å²) in [5.74, 6) is 0. The quantitative estimate of drug-likeness (QED) is 0.463. The summed E-state index contributed by atoms with van der Waals surface area (Å²) in [6, 6.07) is 23.7. The smallest absolute Gasteiger partial charge is 0.267 e. The van der Waals surface area contributed by atoms with Gasteiger partial charge in [0.25, 0.3) is 5.56 Å². The van der Waals surface area contributed by atoms with Crippen molar-refractivity contribution in [2.24, 2.45) is 0 Å². The normalized spacial score (nSPS) is 11.2. The fourth-order valence-corrected chi connectivity index (χ4v) is 4.05. The molecule has 0 N–H and O–H groups in total. The van der Waals surface area contributed by atoms with Gasteiger partial charge in [-0.1, -0.05) is 72.0 Å². The number of aromatic nitrogens is 3. The third-order valence-electron chi connectivity index (χ3n) is 4.37. The van der Waals surface area contributed by atoms with E-state index in [0.717, 1.165) is 26.7 Å². The zero-order valence-corrected chi connectivity index (χ0v) is 14.5. The van der Waals surface area contributed by atoms with Crippen molar-refractivity contribution in [3.63, 3.8) is 0 Å². The van der Waals surface area contributed by atoms with Gasteiger partial charge in [0.2, 0.25) is 5.13 Å². The van der Waals surface area contributed by atoms with Crippen molar-refractivity contribution in [3.05, 3.63) is 89.3 Å². The van der Waals surface area contributed by atoms with E-state index in [1.807, 2.05) is 54.6 Å². The standard InChI is InChI=1S/C21H13N3OS/c25-20-17-10-5-4-9-15(17)13-22-24(20)21-23-19-16(11-6-12-18(19)26-21)14-7-2-1-3-8-14/h1-13H. The molecule has 5 aromatic rings. The van der Waals surface area contributed by atoms with Crippen LogP contribution in [0, 0.1) is 0 Å². The van der Waals surface area contributed by atoms with Crippen molar-refractivity contribution in [2.45, 2.75) is 0 Å². The van der Waals surface area contributed by atoms with E-state index >= 15 is 0 Å². The number of hydrogen-bond donors (Lipinski definition) is 0. The summed E-state index contributed by atoms with van der Waals surface area (Å²) in [6.45, 7) is 0. The maximum Gasteiger partial charge on any atom is 0.281 e. The van der Waals surface area contributed by atoms with Crippen molar-refractivity contribution in [2.75, 3.05) is 0 Å². The van der Waals surface area contributed by atoms with E-state index in [0.29, 0.717) is 10.5 Å². The van der Waals surface area contributed by atoms with Crippen molar-refractivity contribution in [3.8, 4) is 16.3 Å². The second-order valence-corrected chi connectivity index (χ2v) is 6.97. The molecule has 0 saturated carbocycles. The molecule has 4 nitrogen and oxygen atoms in total. The van der Waals surface area contributed by atoms with E-state index in [1.165, 1.54) is 16.0 Å². The number of para-hydroxylation sites is 1. The Hall–Kier alpha value is -3.31. The Labute approximate surface area is 153 Å². The van der Waals surface area contributed by atoms with Crippen LogP contribution in [0.25, 0.3) is 37.2 Å². The van der Waals surface area contributed by atoms with Gasteiger partial charge in [0, 0.05) is 10.9 Å². The predicted octanol–water partition coefficient (Wildman–Crippen LogP) is 4.66. The zero-order valence-electron chi connectivity index (χ0n) is 13.7. The Morgan fingerprint density at radius 2 is 1.65 bits per heavy atom. The van der Waals surface area contributed by atoms with Gasteiger partial charge in [0.1, 0.15) is 0 Å². The van der Waals surface area contributed by atoms with Gasteiger partial charge >= 0.3 is 0 Å². The van der Waals surface area contributed by atoms with Gasteiger partial charge in [-0.25, -0.2) is 4.98 Å². The largest absolute Gasteiger partial charge is 0.281 e. The molecule has 0 fully saturated rings. The lowest BCUT2D eigenvalue weighted by atomic mass is 10.1. The third-order valence-corrected chi connectivity index (χ3v) is 5.37. The van der Waals surface area contributed by atoms with Gasteiger partial charge in [-0.2, -0.15) is 9.78 Å². The van der Waals surface area contributed by atoms with Crippen LogP contribution in [-0.4, -0.2) is 14.8 Å². The third kappa shape index (κ3) is 2.33. The van der Waals surface area contributed by atoms with E-state index in [4.69, 9.17) is 4.98 Å². The van der Waals surface area contributed by atoms with Crippen molar-refractivity contribution < 1.29 is 0 Å². The van der Waals surface area contributed by atoms with Crippen LogP contribution in [0.3, 0.4) is 0 Å². The highest BCUT2D eigenvalue weighted by molar-refractivity contribution is 7.20. The first kappa shape index (κ1) is 15.0. The minimum absolute atomic E-state index is 0.150. The molecule has 0 radical (unpaired) electrons. The van der Waals surface area contributed by atoms with Crippen molar-refractivity contribution >= 4 is 32.3 Å². The topological polar surface area (TPSA) is 47.8 Å². The first-order valence-corrected chi connectivity index (χ1v) is 9.05. The Balaban J connectivity index is 1.75. The highest BCUT2D eigenvalue weighted by Gasteiger charge is 2.13. The molecule has 0 atom stereocenters. The summed E-state index contributed by atoms with van der Waals surface area (Å²) in [4.78, 5) is 17.6. The van der Waals surface area contributed by atoms with Gasteiger partial charge in [-0.3, -0.25) is 4.79 Å². The summed E-state index contributed by atoms with van der Waals surface area (Å²) in [5, 5.41) is 6.39. The molecule has 0 amide bonds. The van der Waals surface area contributed by atoms with Crippen molar-refractivity contribution in [1.29, 1.82) is 0 Å². The molecule has 0 bridgehead atoms. The second-order valence-electron chi connectivity index (χ2n) is 5.96. The number of benzene rings is 3. The maximum absolute atomic E-state index is 12.8. The van der Waals surface area contributed by atoms with E-state index in [2.05, 4.69) is 23.3 Å². The van der Waals surface area contributed by atoms with Crippen LogP contribution < -0.4 is 5.56 Å². The molecular formula is C21H13N3OS. The van der Waals surface area contributed by atoms with Crippen LogP contribution in [0.4, 0.5) is 0 Å². The van der Waals surface area contributed by atoms with Crippen molar-refractivity contribution in [1.82, 2.24) is 14.8 Å². The lowest BCUT2D eigenvalue weighted by molar-refractivity contribution is 0.815. The van der Waals surface area contributed by atoms with E-state index in [-0.39, 0.29) is 5.56 Å². The molecule has 3 aromatic carbocycles. The van der Waals surface area contributed by atoms with Crippen LogP contribution in [0.1, 0.15) is 0 Å². The highest BCUT2D eigenvalue weighted by atomic mass is 32.1. The lowest BCUT2D eigenvalue weighted by Crippen LogP contribution is -2.20. The molecular weight excluding hydrogens is 342 g/mol.